The van der Waals surface area contributed by atoms with Gasteiger partial charge in [0, 0.05) is 6.07 Å². The van der Waals surface area contributed by atoms with Gasteiger partial charge in [0.15, 0.2) is 5.78 Å². The van der Waals surface area contributed by atoms with Crippen molar-refractivity contribution in [2.24, 2.45) is 0 Å². The number of nitro groups is 1. The number of ether oxygens (including phenoxy) is 1. The van der Waals surface area contributed by atoms with E-state index in [2.05, 4.69) is 4.74 Å². The molecule has 0 aliphatic heterocycles. The Hall–Kier alpha value is -3.22. The molecule has 0 radical (unpaired) electrons. The molecule has 1 heterocycles. The Morgan fingerprint density at radius 1 is 1.22 bits per heavy atom. The van der Waals surface area contributed by atoms with Crippen molar-refractivity contribution < 1.29 is 23.7 Å². The largest absolute Gasteiger partial charge is 0.465 e. The van der Waals surface area contributed by atoms with E-state index in [9.17, 15) is 19.7 Å². The standard InChI is InChI=1S/C16H13NO6/c1-10(18)13(16(19)22-2)9-11-7-8-15(23-11)12-5-3-4-6-14(12)17(20)21/h3-9H,1-2H3/b13-9+. The molecule has 2 aromatic rings. The van der Waals surface area contributed by atoms with Crippen LogP contribution in [0.15, 0.2) is 46.4 Å². The Balaban J connectivity index is 2.44. The number of carbonyl (C=O) groups is 2. The average molecular weight is 315 g/mol. The minimum Gasteiger partial charge on any atom is -0.465 e. The van der Waals surface area contributed by atoms with Gasteiger partial charge in [-0.1, -0.05) is 12.1 Å². The first-order valence-electron chi connectivity index (χ1n) is 6.58. The molecule has 0 fully saturated rings. The molecule has 7 heteroatoms. The van der Waals surface area contributed by atoms with E-state index in [1.165, 1.54) is 38.3 Å². The van der Waals surface area contributed by atoms with E-state index in [-0.39, 0.29) is 22.8 Å². The summed E-state index contributed by atoms with van der Waals surface area (Å²) in [6.07, 6.45) is 1.24. The molecule has 0 aliphatic rings. The predicted octanol–water partition coefficient (Wildman–Crippen LogP) is 3.00. The van der Waals surface area contributed by atoms with Gasteiger partial charge in [-0.25, -0.2) is 4.79 Å². The van der Waals surface area contributed by atoms with Crippen molar-refractivity contribution in [2.45, 2.75) is 6.92 Å². The Bertz CT molecular complexity index is 802. The van der Waals surface area contributed by atoms with Crippen LogP contribution in [0.5, 0.6) is 0 Å². The number of ketones is 1. The molecule has 0 atom stereocenters. The molecule has 0 amide bonds. The number of benzene rings is 1. The second kappa shape index (κ2) is 6.69. The first-order chi connectivity index (χ1) is 10.9. The molecule has 0 saturated heterocycles. The number of rotatable bonds is 5. The van der Waals surface area contributed by atoms with Gasteiger partial charge in [0.1, 0.15) is 17.1 Å². The van der Waals surface area contributed by atoms with Crippen LogP contribution < -0.4 is 0 Å². The molecule has 0 saturated carbocycles. The van der Waals surface area contributed by atoms with Gasteiger partial charge in [-0.05, 0) is 31.2 Å². The summed E-state index contributed by atoms with van der Waals surface area (Å²) in [5, 5.41) is 11.0. The lowest BCUT2D eigenvalue weighted by Gasteiger charge is -2.00. The number of hydrogen-bond donors (Lipinski definition) is 0. The molecule has 0 aliphatic carbocycles. The van der Waals surface area contributed by atoms with E-state index in [1.807, 2.05) is 0 Å². The van der Waals surface area contributed by atoms with Crippen LogP contribution in [0.2, 0.25) is 0 Å². The van der Waals surface area contributed by atoms with E-state index in [4.69, 9.17) is 4.42 Å². The molecule has 1 aromatic heterocycles. The van der Waals surface area contributed by atoms with Gasteiger partial charge in [-0.2, -0.15) is 0 Å². The molecular formula is C16H13NO6. The van der Waals surface area contributed by atoms with Gasteiger partial charge in [0.05, 0.1) is 17.6 Å². The van der Waals surface area contributed by atoms with Crippen molar-refractivity contribution in [3.05, 3.63) is 57.8 Å². The summed E-state index contributed by atoms with van der Waals surface area (Å²) in [5.41, 5.74) is 0.0349. The number of methoxy groups -OCH3 is 1. The number of esters is 1. The van der Waals surface area contributed by atoms with Crippen LogP contribution in [0.1, 0.15) is 12.7 Å². The molecule has 0 bridgehead atoms. The maximum Gasteiger partial charge on any atom is 0.341 e. The van der Waals surface area contributed by atoms with Gasteiger partial charge in [0.2, 0.25) is 0 Å². The zero-order chi connectivity index (χ0) is 17.0. The second-order valence-electron chi connectivity index (χ2n) is 4.58. The van der Waals surface area contributed by atoms with E-state index in [0.717, 1.165) is 0 Å². The number of para-hydroxylation sites is 1. The fourth-order valence-corrected chi connectivity index (χ4v) is 1.97. The van der Waals surface area contributed by atoms with Gasteiger partial charge in [-0.15, -0.1) is 0 Å². The lowest BCUT2D eigenvalue weighted by Crippen LogP contribution is -2.11. The number of nitro benzene ring substituents is 1. The van der Waals surface area contributed by atoms with E-state index >= 15 is 0 Å². The number of carbonyl (C=O) groups excluding carboxylic acids is 2. The minimum absolute atomic E-state index is 0.0999. The smallest absolute Gasteiger partial charge is 0.341 e. The molecule has 0 spiro atoms. The molecule has 23 heavy (non-hydrogen) atoms. The third-order valence-corrected chi connectivity index (χ3v) is 3.06. The van der Waals surface area contributed by atoms with Crippen LogP contribution in [0.25, 0.3) is 17.4 Å². The molecular weight excluding hydrogens is 302 g/mol. The molecule has 0 N–H and O–H groups in total. The monoisotopic (exact) mass is 315 g/mol. The first-order valence-corrected chi connectivity index (χ1v) is 6.58. The lowest BCUT2D eigenvalue weighted by molar-refractivity contribution is -0.384. The van der Waals surface area contributed by atoms with E-state index < -0.39 is 16.7 Å². The maximum absolute atomic E-state index is 11.5. The number of furan rings is 1. The first kappa shape index (κ1) is 16.2. The van der Waals surface area contributed by atoms with Crippen molar-refractivity contribution >= 4 is 23.5 Å². The van der Waals surface area contributed by atoms with Crippen LogP contribution in [0.4, 0.5) is 5.69 Å². The van der Waals surface area contributed by atoms with Crippen LogP contribution >= 0.6 is 0 Å². The van der Waals surface area contributed by atoms with E-state index in [0.29, 0.717) is 5.56 Å². The normalized spacial score (nSPS) is 11.1. The Morgan fingerprint density at radius 3 is 2.52 bits per heavy atom. The lowest BCUT2D eigenvalue weighted by atomic mass is 10.1. The van der Waals surface area contributed by atoms with Gasteiger partial charge >= 0.3 is 5.97 Å². The summed E-state index contributed by atoms with van der Waals surface area (Å²) in [5.74, 6) is -0.772. The van der Waals surface area contributed by atoms with Crippen molar-refractivity contribution in [2.75, 3.05) is 7.11 Å². The topological polar surface area (TPSA) is 99.7 Å². The van der Waals surface area contributed by atoms with Crippen molar-refractivity contribution in [3.63, 3.8) is 0 Å². The number of Topliss-reactive ketones (excluding diaryl/α,β-unsaturated/α-hetero) is 1. The van der Waals surface area contributed by atoms with Gasteiger partial charge in [-0.3, -0.25) is 14.9 Å². The highest BCUT2D eigenvalue weighted by Crippen LogP contribution is 2.31. The van der Waals surface area contributed by atoms with E-state index in [1.54, 1.807) is 18.2 Å². The number of hydrogen-bond acceptors (Lipinski definition) is 6. The summed E-state index contributed by atoms with van der Waals surface area (Å²) >= 11 is 0. The zero-order valence-electron chi connectivity index (χ0n) is 12.4. The summed E-state index contributed by atoms with van der Waals surface area (Å²) in [7, 11) is 1.17. The summed E-state index contributed by atoms with van der Waals surface area (Å²) in [6.45, 7) is 1.23. The van der Waals surface area contributed by atoms with Crippen LogP contribution in [-0.2, 0) is 14.3 Å². The predicted molar refractivity (Wildman–Crippen MR) is 81.5 cm³/mol. The fourth-order valence-electron chi connectivity index (χ4n) is 1.97. The molecule has 0 unspecified atom stereocenters. The SMILES string of the molecule is COC(=O)/C(=C/c1ccc(-c2ccccc2[N+](=O)[O-])o1)C(C)=O. The highest BCUT2D eigenvalue weighted by molar-refractivity contribution is 6.19. The van der Waals surface area contributed by atoms with Gasteiger partial charge < -0.3 is 9.15 Å². The fraction of sp³-hybridized carbons (Fsp3) is 0.125. The Labute approximate surface area is 131 Å². The third-order valence-electron chi connectivity index (χ3n) is 3.06. The third kappa shape index (κ3) is 3.52. The zero-order valence-corrected chi connectivity index (χ0v) is 12.4. The molecule has 7 nitrogen and oxygen atoms in total. The second-order valence-corrected chi connectivity index (χ2v) is 4.58. The maximum atomic E-state index is 11.5. The highest BCUT2D eigenvalue weighted by atomic mass is 16.6. The van der Waals surface area contributed by atoms with Crippen LogP contribution in [0, 0.1) is 10.1 Å². The van der Waals surface area contributed by atoms with Crippen molar-refractivity contribution in [1.82, 2.24) is 0 Å². The van der Waals surface area contributed by atoms with Crippen molar-refractivity contribution in [1.29, 1.82) is 0 Å². The molecule has 1 aromatic carbocycles. The van der Waals surface area contributed by atoms with Crippen molar-refractivity contribution in [3.8, 4) is 11.3 Å². The van der Waals surface area contributed by atoms with Crippen LogP contribution in [0.3, 0.4) is 0 Å². The summed E-state index contributed by atoms with van der Waals surface area (Å²) in [6, 6.07) is 9.16. The summed E-state index contributed by atoms with van der Waals surface area (Å²) in [4.78, 5) is 33.5. The summed E-state index contributed by atoms with van der Waals surface area (Å²) < 4.78 is 10.0. The number of nitrogens with zero attached hydrogens (tertiary/aromatic N) is 1. The quantitative estimate of drug-likeness (QED) is 0.210. The van der Waals surface area contributed by atoms with Gasteiger partial charge in [0.25, 0.3) is 5.69 Å². The average Bonchev–Trinajstić information content (AvgIpc) is 3.00. The van der Waals surface area contributed by atoms with Crippen LogP contribution in [-0.4, -0.2) is 23.8 Å². The molecule has 2 rings (SSSR count). The Morgan fingerprint density at radius 2 is 1.91 bits per heavy atom. The Kier molecular flexibility index (Phi) is 4.70. The molecule has 118 valence electrons. The highest BCUT2D eigenvalue weighted by Gasteiger charge is 2.19. The minimum atomic E-state index is -0.777.